The normalized spacial score (nSPS) is 12.0. The average Bonchev–Trinajstić information content (AvgIpc) is 3.29. The molecule has 6 heteroatoms. The molecule has 3 aromatic rings. The molecule has 0 aliphatic heterocycles. The zero-order valence-electron chi connectivity index (χ0n) is 26.0. The fraction of sp³-hybridized carbons (Fsp3) is 0.500. The standard InChI is InChI=1S/C36H48N2O4/c1-5-18-37(19-6-2)22-10-14-28-29(15-11-23-38(20-7-3)21-8-4)34(36(41)42)30-13-9-12-27-26-17-16-25(35(39)40)24-31(26)33(28)32(27)30/h9,12-13,16-17,24H,5-8,10-11,14-15,18-23H2,1-4H3,(H,39,40)(H,41,42). The Morgan fingerprint density at radius 3 is 1.74 bits per heavy atom. The Hall–Kier alpha value is -3.22. The lowest BCUT2D eigenvalue weighted by Gasteiger charge is -2.24. The summed E-state index contributed by atoms with van der Waals surface area (Å²) in [6.45, 7) is 15.0. The van der Waals surface area contributed by atoms with Crippen LogP contribution in [0.25, 0.3) is 33.0 Å². The third-order valence-electron chi connectivity index (χ3n) is 8.55. The van der Waals surface area contributed by atoms with Crippen molar-refractivity contribution in [1.29, 1.82) is 0 Å². The van der Waals surface area contributed by atoms with Crippen molar-refractivity contribution in [2.24, 2.45) is 0 Å². The van der Waals surface area contributed by atoms with Crippen molar-refractivity contribution in [3.05, 3.63) is 58.7 Å². The number of benzene rings is 3. The minimum atomic E-state index is -0.948. The van der Waals surface area contributed by atoms with Crippen LogP contribution in [0.1, 0.15) is 98.1 Å². The molecule has 3 aromatic carbocycles. The number of hydrogen-bond acceptors (Lipinski definition) is 4. The van der Waals surface area contributed by atoms with Crippen LogP contribution in [0.2, 0.25) is 0 Å². The van der Waals surface area contributed by atoms with Crippen molar-refractivity contribution >= 4 is 22.7 Å². The third-order valence-corrected chi connectivity index (χ3v) is 8.55. The maximum Gasteiger partial charge on any atom is 0.336 e. The van der Waals surface area contributed by atoms with E-state index in [1.807, 2.05) is 24.3 Å². The third kappa shape index (κ3) is 6.71. The van der Waals surface area contributed by atoms with Crippen LogP contribution in [0, 0.1) is 0 Å². The molecule has 0 fully saturated rings. The van der Waals surface area contributed by atoms with Crippen molar-refractivity contribution in [3.8, 4) is 22.3 Å². The lowest BCUT2D eigenvalue weighted by atomic mass is 9.84. The molecule has 0 bridgehead atoms. The molecule has 6 nitrogen and oxygen atoms in total. The molecule has 0 heterocycles. The largest absolute Gasteiger partial charge is 0.478 e. The quantitative estimate of drug-likeness (QED) is 0.126. The van der Waals surface area contributed by atoms with E-state index in [0.29, 0.717) is 12.0 Å². The topological polar surface area (TPSA) is 81.1 Å². The highest BCUT2D eigenvalue weighted by Gasteiger charge is 2.31. The Balaban J connectivity index is 1.86. The molecule has 42 heavy (non-hydrogen) atoms. The summed E-state index contributed by atoms with van der Waals surface area (Å²) in [6.07, 6.45) is 7.69. The Morgan fingerprint density at radius 1 is 0.643 bits per heavy atom. The van der Waals surface area contributed by atoms with Crippen LogP contribution >= 0.6 is 0 Å². The fourth-order valence-corrected chi connectivity index (χ4v) is 6.98. The number of aromatic carboxylic acids is 2. The summed E-state index contributed by atoms with van der Waals surface area (Å²) in [5.74, 6) is -1.83. The summed E-state index contributed by atoms with van der Waals surface area (Å²) in [5.41, 5.74) is 6.68. The van der Waals surface area contributed by atoms with Gasteiger partial charge in [-0.15, -0.1) is 0 Å². The first kappa shape index (κ1) is 31.7. The van der Waals surface area contributed by atoms with Gasteiger partial charge >= 0.3 is 11.9 Å². The second-order valence-electron chi connectivity index (χ2n) is 11.7. The summed E-state index contributed by atoms with van der Waals surface area (Å²) in [5, 5.41) is 22.2. The second-order valence-corrected chi connectivity index (χ2v) is 11.7. The molecule has 0 amide bonds. The molecule has 1 aliphatic carbocycles. The van der Waals surface area contributed by atoms with Gasteiger partial charge < -0.3 is 20.0 Å². The number of carboxylic acids is 2. The molecular weight excluding hydrogens is 524 g/mol. The van der Waals surface area contributed by atoms with E-state index in [0.717, 1.165) is 128 Å². The molecule has 0 unspecified atom stereocenters. The molecule has 2 N–H and O–H groups in total. The van der Waals surface area contributed by atoms with Gasteiger partial charge in [0.05, 0.1) is 11.1 Å². The maximum absolute atomic E-state index is 13.0. The average molecular weight is 573 g/mol. The van der Waals surface area contributed by atoms with Crippen LogP contribution in [-0.4, -0.2) is 71.2 Å². The minimum Gasteiger partial charge on any atom is -0.478 e. The highest BCUT2D eigenvalue weighted by Crippen LogP contribution is 2.51. The van der Waals surface area contributed by atoms with Gasteiger partial charge in [-0.25, -0.2) is 9.59 Å². The summed E-state index contributed by atoms with van der Waals surface area (Å²) < 4.78 is 0. The summed E-state index contributed by atoms with van der Waals surface area (Å²) >= 11 is 0. The van der Waals surface area contributed by atoms with Gasteiger partial charge in [0.1, 0.15) is 0 Å². The van der Waals surface area contributed by atoms with Crippen molar-refractivity contribution in [2.75, 3.05) is 39.3 Å². The predicted molar refractivity (Wildman–Crippen MR) is 173 cm³/mol. The van der Waals surface area contributed by atoms with Crippen LogP contribution in [-0.2, 0) is 12.8 Å². The van der Waals surface area contributed by atoms with Gasteiger partial charge in [0.25, 0.3) is 0 Å². The lowest BCUT2D eigenvalue weighted by Crippen LogP contribution is -2.27. The van der Waals surface area contributed by atoms with Gasteiger partial charge in [0, 0.05) is 0 Å². The molecule has 0 saturated carbocycles. The molecular formula is C36H48N2O4. The molecule has 0 spiro atoms. The number of rotatable bonds is 18. The molecule has 226 valence electrons. The molecule has 0 aromatic heterocycles. The van der Waals surface area contributed by atoms with Gasteiger partial charge in [0.2, 0.25) is 0 Å². The van der Waals surface area contributed by atoms with Crippen LogP contribution in [0.3, 0.4) is 0 Å². The van der Waals surface area contributed by atoms with Crippen molar-refractivity contribution < 1.29 is 19.8 Å². The monoisotopic (exact) mass is 572 g/mol. The number of hydrogen-bond donors (Lipinski definition) is 2. The van der Waals surface area contributed by atoms with E-state index in [4.69, 9.17) is 0 Å². The Morgan fingerprint density at radius 2 is 1.21 bits per heavy atom. The van der Waals surface area contributed by atoms with Gasteiger partial charge in [-0.1, -0.05) is 52.0 Å². The van der Waals surface area contributed by atoms with E-state index in [1.165, 1.54) is 0 Å². The van der Waals surface area contributed by atoms with Crippen molar-refractivity contribution in [3.63, 3.8) is 0 Å². The lowest BCUT2D eigenvalue weighted by molar-refractivity contribution is 0.0686. The first-order chi connectivity index (χ1) is 20.4. The molecule has 0 saturated heterocycles. The Labute approximate surface area is 251 Å². The van der Waals surface area contributed by atoms with Crippen molar-refractivity contribution in [1.82, 2.24) is 9.80 Å². The van der Waals surface area contributed by atoms with Crippen LogP contribution in [0.15, 0.2) is 36.4 Å². The Bertz CT molecular complexity index is 1400. The maximum atomic E-state index is 13.0. The van der Waals surface area contributed by atoms with E-state index >= 15 is 0 Å². The highest BCUT2D eigenvalue weighted by atomic mass is 16.4. The molecule has 0 radical (unpaired) electrons. The summed E-state index contributed by atoms with van der Waals surface area (Å²) in [4.78, 5) is 30.0. The smallest absolute Gasteiger partial charge is 0.336 e. The van der Waals surface area contributed by atoms with Gasteiger partial charge in [-0.3, -0.25) is 0 Å². The number of fused-ring (bicyclic) bond motifs is 3. The highest BCUT2D eigenvalue weighted by molar-refractivity contribution is 6.21. The van der Waals surface area contributed by atoms with E-state index < -0.39 is 11.9 Å². The van der Waals surface area contributed by atoms with Gasteiger partial charge in [-0.2, -0.15) is 0 Å². The second kappa shape index (κ2) is 14.8. The zero-order valence-corrected chi connectivity index (χ0v) is 26.0. The van der Waals surface area contributed by atoms with E-state index in [2.05, 4.69) is 37.5 Å². The first-order valence-corrected chi connectivity index (χ1v) is 16.0. The SMILES string of the molecule is CCCN(CCC)CCCc1c(CCCN(CCC)CCC)c2c3c(cccc3c1C(=O)O)-c1ccc(C(=O)O)cc1-2. The van der Waals surface area contributed by atoms with Crippen LogP contribution < -0.4 is 0 Å². The van der Waals surface area contributed by atoms with E-state index in [1.54, 1.807) is 12.1 Å². The van der Waals surface area contributed by atoms with Gasteiger partial charge in [-0.05, 0) is 147 Å². The number of carbonyl (C=O) groups is 2. The molecule has 0 atom stereocenters. The molecule has 1 aliphatic rings. The van der Waals surface area contributed by atoms with Crippen molar-refractivity contribution in [2.45, 2.75) is 79.1 Å². The minimum absolute atomic E-state index is 0.261. The molecule has 4 rings (SSSR count). The van der Waals surface area contributed by atoms with Gasteiger partial charge in [0.15, 0.2) is 0 Å². The van der Waals surface area contributed by atoms with E-state index in [9.17, 15) is 19.8 Å². The van der Waals surface area contributed by atoms with Crippen LogP contribution in [0.4, 0.5) is 0 Å². The summed E-state index contributed by atoms with van der Waals surface area (Å²) in [6, 6.07) is 11.3. The van der Waals surface area contributed by atoms with E-state index in [-0.39, 0.29) is 5.56 Å². The Kier molecular flexibility index (Phi) is 11.2. The van der Waals surface area contributed by atoms with Crippen LogP contribution in [0.5, 0.6) is 0 Å². The summed E-state index contributed by atoms with van der Waals surface area (Å²) in [7, 11) is 0. The zero-order chi connectivity index (χ0) is 30.2. The first-order valence-electron chi connectivity index (χ1n) is 16.0. The predicted octanol–water partition coefficient (Wildman–Crippen LogP) is 7.99. The number of carboxylic acid groups (broad SMARTS) is 2. The number of nitrogens with zero attached hydrogens (tertiary/aromatic N) is 2. The fourth-order valence-electron chi connectivity index (χ4n) is 6.98.